The molecule has 0 spiro atoms. The number of rotatable bonds is 9. The summed E-state index contributed by atoms with van der Waals surface area (Å²) in [5, 5.41) is 25.4. The average molecular weight is 707 g/mol. The van der Waals surface area contributed by atoms with Crippen molar-refractivity contribution in [3.63, 3.8) is 0 Å². The van der Waals surface area contributed by atoms with E-state index in [4.69, 9.17) is 36.3 Å². The monoisotopic (exact) mass is 706 g/mol. The number of allylic oxidation sites excluding steroid dienone is 3. The van der Waals surface area contributed by atoms with E-state index in [0.717, 1.165) is 11.1 Å². The molecule has 5 N–H and O–H groups in total. The summed E-state index contributed by atoms with van der Waals surface area (Å²) >= 11 is 6.53. The van der Waals surface area contributed by atoms with Gasteiger partial charge >= 0.3 is 5.97 Å². The number of fused-ring (bicyclic) bond motifs is 3. The topological polar surface area (TPSA) is 159 Å². The van der Waals surface area contributed by atoms with Gasteiger partial charge in [-0.25, -0.2) is 4.79 Å². The molecule has 8 atom stereocenters. The van der Waals surface area contributed by atoms with E-state index in [9.17, 15) is 19.8 Å². The molecule has 8 unspecified atom stereocenters. The molecule has 3 rings (SSSR count). The first-order chi connectivity index (χ1) is 22.9. The first kappa shape index (κ1) is 40.5. The summed E-state index contributed by atoms with van der Waals surface area (Å²) in [5.74, 6) is -1.49. The van der Waals surface area contributed by atoms with Crippen molar-refractivity contribution in [3.8, 4) is 5.75 Å². The number of phenols is 1. The number of nitrogens with one attached hydrogen (secondary N) is 1. The van der Waals surface area contributed by atoms with Crippen molar-refractivity contribution in [2.24, 2.45) is 11.7 Å². The zero-order valence-corrected chi connectivity index (χ0v) is 31.0. The highest BCUT2D eigenvalue weighted by Crippen LogP contribution is 2.49. The number of carbonyl (C=O) groups excluding carboxylic acids is 2. The van der Waals surface area contributed by atoms with Crippen molar-refractivity contribution in [2.45, 2.75) is 95.5 Å². The highest BCUT2D eigenvalue weighted by Gasteiger charge is 2.63. The molecule has 0 aliphatic carbocycles. The first-order valence-electron chi connectivity index (χ1n) is 16.5. The Morgan fingerprint density at radius 3 is 2.63 bits per heavy atom. The molecule has 1 saturated heterocycles. The summed E-state index contributed by atoms with van der Waals surface area (Å²) in [4.78, 5) is 30.7. The van der Waals surface area contributed by atoms with Gasteiger partial charge in [0.05, 0.1) is 36.6 Å². The Balaban J connectivity index is 2.10. The maximum Gasteiger partial charge on any atom is 0.328 e. The highest BCUT2D eigenvalue weighted by molar-refractivity contribution is 6.35. The Morgan fingerprint density at radius 2 is 2.02 bits per heavy atom. The number of nitrogens with two attached hydrogens (primary N) is 1. The van der Waals surface area contributed by atoms with Gasteiger partial charge in [-0.2, -0.15) is 0 Å². The Kier molecular flexibility index (Phi) is 13.9. The van der Waals surface area contributed by atoms with Crippen LogP contribution in [0.15, 0.2) is 48.2 Å². The standard InChI is InChI=1S/C36H55ClN4O8/c1-21-12-11-13-29(46-10)35(5,45)18-28(47-20-38)23(3)33-36(6,49-33)30(48-34(44)24(4)40(8)22(2)19-39-7)17-31(43)41(9)26-15-25(14-21)16-27(42)32(26)37/h11-13,15-16,23-24,28-30,33,39,42,45H,2,14,17-20,38H2,1,3-10H3/b13-11+,21-12+. The van der Waals surface area contributed by atoms with Crippen LogP contribution in [0.4, 0.5) is 5.69 Å². The number of methoxy groups -OCH3 is 1. The maximum atomic E-state index is 14.0. The summed E-state index contributed by atoms with van der Waals surface area (Å²) in [5.41, 5.74) is 6.05. The Morgan fingerprint density at radius 1 is 1.35 bits per heavy atom. The lowest BCUT2D eigenvalue weighted by Crippen LogP contribution is -2.47. The minimum atomic E-state index is -1.37. The van der Waals surface area contributed by atoms with Gasteiger partial charge in [-0.1, -0.05) is 48.9 Å². The second kappa shape index (κ2) is 16.8. The molecular weight excluding hydrogens is 652 g/mol. The van der Waals surface area contributed by atoms with Gasteiger partial charge in [-0.3, -0.25) is 4.79 Å². The minimum Gasteiger partial charge on any atom is -0.506 e. The SMILES string of the molecule is C=C(CNC)N(C)C(C)C(=O)OC1CC(=O)N(C)c2cc(cc(O)c2Cl)C/C(C)=C/C=C/C(OC)C(C)(O)CC(OCN)C(C)C2OC12C. The number of ether oxygens (including phenoxy) is 4. The molecule has 2 bridgehead atoms. The van der Waals surface area contributed by atoms with Crippen molar-refractivity contribution in [2.75, 3.05) is 46.4 Å². The van der Waals surface area contributed by atoms with E-state index in [1.54, 1.807) is 65.0 Å². The zero-order chi connectivity index (χ0) is 36.8. The molecule has 0 saturated carbocycles. The van der Waals surface area contributed by atoms with E-state index in [2.05, 4.69) is 11.9 Å². The maximum absolute atomic E-state index is 14.0. The molecule has 0 radical (unpaired) electrons. The number of phenolic OH excluding ortho intramolecular Hbond substituents is 1. The van der Waals surface area contributed by atoms with Crippen LogP contribution in [-0.4, -0.2) is 110 Å². The summed E-state index contributed by atoms with van der Waals surface area (Å²) in [7, 11) is 6.62. The molecule has 0 aromatic heterocycles. The Labute approximate surface area is 295 Å². The lowest BCUT2D eigenvalue weighted by atomic mass is 9.82. The number of esters is 1. The number of aliphatic hydroxyl groups is 1. The number of anilines is 1. The second-order valence-corrected chi connectivity index (χ2v) is 14.0. The second-order valence-electron chi connectivity index (χ2n) is 13.7. The van der Waals surface area contributed by atoms with Crippen LogP contribution in [0.5, 0.6) is 5.75 Å². The molecule has 2 aliphatic rings. The van der Waals surface area contributed by atoms with Crippen molar-refractivity contribution in [1.29, 1.82) is 0 Å². The predicted molar refractivity (Wildman–Crippen MR) is 190 cm³/mol. The van der Waals surface area contributed by atoms with Gasteiger partial charge in [0, 0.05) is 45.8 Å². The molecule has 274 valence electrons. The smallest absolute Gasteiger partial charge is 0.328 e. The number of halogens is 1. The third kappa shape index (κ3) is 9.63. The van der Waals surface area contributed by atoms with E-state index >= 15 is 0 Å². The van der Waals surface area contributed by atoms with Crippen molar-refractivity contribution >= 4 is 29.2 Å². The highest BCUT2D eigenvalue weighted by atomic mass is 35.5. The lowest BCUT2D eigenvalue weighted by Gasteiger charge is -2.35. The van der Waals surface area contributed by atoms with Crippen LogP contribution in [0.3, 0.4) is 0 Å². The molecule has 1 aromatic carbocycles. The third-order valence-electron chi connectivity index (χ3n) is 9.78. The van der Waals surface area contributed by atoms with E-state index in [1.165, 1.54) is 12.0 Å². The molecule has 13 heteroatoms. The van der Waals surface area contributed by atoms with Crippen LogP contribution in [0.2, 0.25) is 5.02 Å². The fraction of sp³-hybridized carbons (Fsp3) is 0.611. The fourth-order valence-corrected chi connectivity index (χ4v) is 6.63. The summed E-state index contributed by atoms with van der Waals surface area (Å²) < 4.78 is 24.1. The van der Waals surface area contributed by atoms with Gasteiger partial charge in [-0.05, 0) is 58.9 Å². The summed E-state index contributed by atoms with van der Waals surface area (Å²) in [6, 6.07) is 2.59. The minimum absolute atomic E-state index is 0.0196. The Hall–Kier alpha value is -2.97. The number of likely N-dealkylation sites (N-methyl/N-ethyl adjacent to an activating group) is 2. The molecule has 12 nitrogen and oxygen atoms in total. The van der Waals surface area contributed by atoms with Crippen molar-refractivity contribution < 1.29 is 38.7 Å². The lowest BCUT2D eigenvalue weighted by molar-refractivity contribution is -0.158. The molecular formula is C36H55ClN4O8. The number of amides is 1. The largest absolute Gasteiger partial charge is 0.506 e. The average Bonchev–Trinajstić information content (AvgIpc) is 3.74. The van der Waals surface area contributed by atoms with E-state index < -0.39 is 53.5 Å². The number of benzene rings is 1. The number of aromatic hydroxyl groups is 1. The number of epoxide rings is 1. The summed E-state index contributed by atoms with van der Waals surface area (Å²) in [6.45, 7) is 13.4. The fourth-order valence-electron chi connectivity index (χ4n) is 6.40. The van der Waals surface area contributed by atoms with Crippen LogP contribution < -0.4 is 16.0 Å². The van der Waals surface area contributed by atoms with E-state index in [0.29, 0.717) is 24.4 Å². The zero-order valence-electron chi connectivity index (χ0n) is 30.3. The molecule has 1 aromatic rings. The molecule has 1 amide bonds. The third-order valence-corrected chi connectivity index (χ3v) is 10.2. The predicted octanol–water partition coefficient (Wildman–Crippen LogP) is 3.67. The van der Waals surface area contributed by atoms with Crippen LogP contribution in [0.1, 0.15) is 53.0 Å². The van der Waals surface area contributed by atoms with Crippen LogP contribution >= 0.6 is 11.6 Å². The van der Waals surface area contributed by atoms with E-state index in [1.807, 2.05) is 26.0 Å². The van der Waals surface area contributed by atoms with Gasteiger partial charge in [0.1, 0.15) is 34.6 Å². The van der Waals surface area contributed by atoms with E-state index in [-0.39, 0.29) is 36.3 Å². The quantitative estimate of drug-likeness (QED) is 0.169. The van der Waals surface area contributed by atoms with Gasteiger partial charge in [0.25, 0.3) is 0 Å². The van der Waals surface area contributed by atoms with Crippen molar-refractivity contribution in [1.82, 2.24) is 10.2 Å². The first-order valence-corrected chi connectivity index (χ1v) is 16.9. The number of nitrogens with zero attached hydrogens (tertiary/aromatic N) is 2. The van der Waals surface area contributed by atoms with Crippen LogP contribution in [0, 0.1) is 5.92 Å². The van der Waals surface area contributed by atoms with Crippen LogP contribution in [0.25, 0.3) is 0 Å². The van der Waals surface area contributed by atoms with Gasteiger partial charge in [-0.15, -0.1) is 0 Å². The van der Waals surface area contributed by atoms with Crippen LogP contribution in [-0.2, 0) is 35.0 Å². The summed E-state index contributed by atoms with van der Waals surface area (Å²) in [6.07, 6.45) is 3.01. The molecule has 49 heavy (non-hydrogen) atoms. The molecule has 1 fully saturated rings. The molecule has 2 aliphatic heterocycles. The van der Waals surface area contributed by atoms with Crippen molar-refractivity contribution in [3.05, 3.63) is 58.8 Å². The number of hydrogen-bond acceptors (Lipinski definition) is 11. The number of hydrogen-bond donors (Lipinski definition) is 4. The molecule has 2 heterocycles. The van der Waals surface area contributed by atoms with Gasteiger partial charge in [0.2, 0.25) is 5.91 Å². The number of carbonyl (C=O) groups is 2. The van der Waals surface area contributed by atoms with Gasteiger partial charge in [0.15, 0.2) is 0 Å². The Bertz CT molecular complexity index is 1420. The normalized spacial score (nSPS) is 32.0. The van der Waals surface area contributed by atoms with Gasteiger partial charge < -0.3 is 50.0 Å².